The predicted octanol–water partition coefficient (Wildman–Crippen LogP) is 9.18. The molecule has 0 saturated heterocycles. The van der Waals surface area contributed by atoms with E-state index >= 15 is 0 Å². The Kier molecular flexibility index (Phi) is 11.4. The number of aromatic nitrogens is 4. The van der Waals surface area contributed by atoms with Gasteiger partial charge in [0.25, 0.3) is 0 Å². The number of fused-ring (bicyclic) bond motifs is 2. The number of aryl methyl sites for hydroxylation is 3. The third-order valence-electron chi connectivity index (χ3n) is 8.40. The largest absolute Gasteiger partial charge is 0.508 e. The summed E-state index contributed by atoms with van der Waals surface area (Å²) in [6.45, 7) is 16.1. The summed E-state index contributed by atoms with van der Waals surface area (Å²) in [6, 6.07) is 21.5. The number of hydrogen-bond acceptors (Lipinski definition) is 11. The molecule has 2 heterocycles. The smallest absolute Gasteiger partial charge is 0.420 e. The molecular formula is C43H46N4O9. The molecular weight excluding hydrogens is 716 g/mol. The number of phenolic OH excluding ortho intramolecular Hbond substituents is 1. The first-order chi connectivity index (χ1) is 26.2. The Labute approximate surface area is 324 Å². The van der Waals surface area contributed by atoms with Gasteiger partial charge in [0.2, 0.25) is 0 Å². The van der Waals surface area contributed by atoms with Crippen LogP contribution in [0, 0.1) is 20.8 Å². The molecule has 56 heavy (non-hydrogen) atoms. The zero-order chi connectivity index (χ0) is 41.3. The number of rotatable bonds is 4. The second-order valence-electron chi connectivity index (χ2n) is 15.1. The molecule has 0 radical (unpaired) electrons. The summed E-state index contributed by atoms with van der Waals surface area (Å²) in [5.41, 5.74) is 5.22. The van der Waals surface area contributed by atoms with Crippen molar-refractivity contribution >= 4 is 46.2 Å². The molecule has 0 spiro atoms. The first-order valence-electron chi connectivity index (χ1n) is 17.8. The minimum absolute atomic E-state index is 0.132. The van der Waals surface area contributed by atoms with Crippen LogP contribution in [0.1, 0.15) is 79.5 Å². The van der Waals surface area contributed by atoms with Crippen LogP contribution in [0.2, 0.25) is 0 Å². The lowest BCUT2D eigenvalue weighted by atomic mass is 10.0. The lowest BCUT2D eigenvalue weighted by molar-refractivity contribution is 0.0528. The molecule has 0 fully saturated rings. The van der Waals surface area contributed by atoms with E-state index in [1.807, 2.05) is 37.3 Å². The summed E-state index contributed by atoms with van der Waals surface area (Å²) in [5, 5.41) is 9.54. The van der Waals surface area contributed by atoms with E-state index in [2.05, 4.69) is 9.97 Å². The zero-order valence-electron chi connectivity index (χ0n) is 33.4. The van der Waals surface area contributed by atoms with E-state index in [4.69, 9.17) is 18.9 Å². The molecule has 1 N–H and O–H groups in total. The summed E-state index contributed by atoms with van der Waals surface area (Å²) in [4.78, 5) is 59.1. The molecule has 2 aromatic heterocycles. The van der Waals surface area contributed by atoms with Crippen LogP contribution in [0.25, 0.3) is 44.3 Å². The van der Waals surface area contributed by atoms with Gasteiger partial charge in [0.1, 0.15) is 39.6 Å². The highest BCUT2D eigenvalue weighted by atomic mass is 16.6. The average Bonchev–Trinajstić information content (AvgIpc) is 3.64. The number of aromatic hydroxyl groups is 1. The van der Waals surface area contributed by atoms with Crippen molar-refractivity contribution in [2.75, 3.05) is 14.2 Å². The van der Waals surface area contributed by atoms with Crippen molar-refractivity contribution in [2.45, 2.75) is 73.5 Å². The molecule has 0 atom stereocenters. The molecule has 13 nitrogen and oxygen atoms in total. The van der Waals surface area contributed by atoms with E-state index in [1.165, 1.54) is 23.4 Å². The zero-order valence-corrected chi connectivity index (χ0v) is 33.4. The van der Waals surface area contributed by atoms with Crippen molar-refractivity contribution in [3.05, 3.63) is 101 Å². The fourth-order valence-corrected chi connectivity index (χ4v) is 5.93. The van der Waals surface area contributed by atoms with Gasteiger partial charge in [-0.05, 0) is 121 Å². The highest BCUT2D eigenvalue weighted by Crippen LogP contribution is 2.32. The van der Waals surface area contributed by atoms with Gasteiger partial charge in [-0.3, -0.25) is 0 Å². The molecule has 0 bridgehead atoms. The predicted molar refractivity (Wildman–Crippen MR) is 212 cm³/mol. The quantitative estimate of drug-likeness (QED) is 0.135. The van der Waals surface area contributed by atoms with Gasteiger partial charge in [-0.2, -0.15) is 0 Å². The van der Waals surface area contributed by atoms with Crippen molar-refractivity contribution in [3.8, 4) is 28.0 Å². The van der Waals surface area contributed by atoms with Gasteiger partial charge in [0.05, 0.1) is 36.4 Å². The Balaban J connectivity index is 0.000000214. The maximum absolute atomic E-state index is 12.8. The number of methoxy groups -OCH3 is 2. The number of carbonyl (C=O) groups is 4. The van der Waals surface area contributed by atoms with E-state index in [0.29, 0.717) is 44.8 Å². The van der Waals surface area contributed by atoms with Crippen molar-refractivity contribution in [1.29, 1.82) is 0 Å². The van der Waals surface area contributed by atoms with Crippen LogP contribution in [0.15, 0.2) is 72.8 Å². The molecule has 13 heteroatoms. The van der Waals surface area contributed by atoms with Crippen LogP contribution in [0.5, 0.6) is 5.75 Å². The Morgan fingerprint density at radius 2 is 0.911 bits per heavy atom. The number of nitrogens with zero attached hydrogens (tertiary/aromatic N) is 4. The molecule has 0 aliphatic rings. The fraction of sp³-hybridized carbons (Fsp3) is 0.302. The molecule has 6 rings (SSSR count). The molecule has 0 aliphatic carbocycles. The summed E-state index contributed by atoms with van der Waals surface area (Å²) in [7, 11) is 2.61. The third kappa shape index (κ3) is 8.89. The van der Waals surface area contributed by atoms with Gasteiger partial charge in [-0.25, -0.2) is 38.3 Å². The van der Waals surface area contributed by atoms with Gasteiger partial charge in [0, 0.05) is 0 Å². The van der Waals surface area contributed by atoms with E-state index in [0.717, 1.165) is 22.3 Å². The fourth-order valence-electron chi connectivity index (χ4n) is 5.93. The SMILES string of the molecule is COC(=O)c1cc(-c2ccc(C)cc2)cc2c1nc(C)n2C(=O)OC(C)(C)C.COC(=O)c1cc(-c2ccc(O)cc2)cc2c1nc(C)n2C(=O)OC(C)(C)C. The Morgan fingerprint density at radius 3 is 1.25 bits per heavy atom. The normalized spacial score (nSPS) is 11.5. The maximum Gasteiger partial charge on any atom is 0.420 e. The standard InChI is InChI=1S/C22H24N2O4.C21H22N2O5/c1-13-7-9-15(10-8-13)16-11-17(20(25)27-6)19-18(12-16)24(14(2)23-19)21(26)28-22(3,4)5;1-12-22-18-16(19(25)27-5)10-14(13-6-8-15(24)9-7-13)11-17(18)23(12)20(26)28-21(2,3)4/h7-12H,1-6H3;6-11,24H,1-5H3. The molecule has 0 aliphatic heterocycles. The topological polar surface area (TPSA) is 161 Å². The van der Waals surface area contributed by atoms with Crippen LogP contribution in [0.4, 0.5) is 9.59 Å². The van der Waals surface area contributed by atoms with E-state index in [-0.39, 0.29) is 11.3 Å². The Morgan fingerprint density at radius 1 is 0.554 bits per heavy atom. The minimum Gasteiger partial charge on any atom is -0.508 e. The van der Waals surface area contributed by atoms with Crippen molar-refractivity contribution < 1.29 is 43.2 Å². The van der Waals surface area contributed by atoms with Gasteiger partial charge < -0.3 is 24.1 Å². The molecule has 292 valence electrons. The Hall–Kier alpha value is -6.50. The maximum atomic E-state index is 12.8. The number of hydrogen-bond donors (Lipinski definition) is 1. The summed E-state index contributed by atoms with van der Waals surface area (Å²) >= 11 is 0. The number of esters is 2. The average molecular weight is 763 g/mol. The molecule has 0 amide bonds. The van der Waals surface area contributed by atoms with Crippen LogP contribution >= 0.6 is 0 Å². The van der Waals surface area contributed by atoms with Crippen molar-refractivity contribution in [1.82, 2.24) is 19.1 Å². The van der Waals surface area contributed by atoms with Crippen LogP contribution in [0.3, 0.4) is 0 Å². The number of benzene rings is 4. The van der Waals surface area contributed by atoms with Crippen molar-refractivity contribution in [3.63, 3.8) is 0 Å². The number of phenols is 1. The van der Waals surface area contributed by atoms with Gasteiger partial charge in [-0.1, -0.05) is 42.0 Å². The molecule has 6 aromatic rings. The van der Waals surface area contributed by atoms with Crippen LogP contribution in [-0.4, -0.2) is 73.8 Å². The van der Waals surface area contributed by atoms with Crippen LogP contribution in [-0.2, 0) is 18.9 Å². The number of ether oxygens (including phenoxy) is 4. The lowest BCUT2D eigenvalue weighted by Gasteiger charge is -2.20. The minimum atomic E-state index is -0.681. The first kappa shape index (κ1) is 40.7. The highest BCUT2D eigenvalue weighted by Gasteiger charge is 2.27. The lowest BCUT2D eigenvalue weighted by Crippen LogP contribution is -2.27. The number of imidazole rings is 2. The second-order valence-corrected chi connectivity index (χ2v) is 15.1. The molecule has 0 saturated carbocycles. The third-order valence-corrected chi connectivity index (χ3v) is 8.40. The highest BCUT2D eigenvalue weighted by molar-refractivity contribution is 6.07. The van der Waals surface area contributed by atoms with Crippen LogP contribution < -0.4 is 0 Å². The monoisotopic (exact) mass is 762 g/mol. The van der Waals surface area contributed by atoms with E-state index in [9.17, 15) is 24.3 Å². The van der Waals surface area contributed by atoms with Gasteiger partial charge in [-0.15, -0.1) is 0 Å². The van der Waals surface area contributed by atoms with Gasteiger partial charge in [0.15, 0.2) is 0 Å². The van der Waals surface area contributed by atoms with Crippen molar-refractivity contribution in [2.24, 2.45) is 0 Å². The second kappa shape index (κ2) is 15.7. The number of carbonyl (C=O) groups excluding carboxylic acids is 4. The van der Waals surface area contributed by atoms with Gasteiger partial charge >= 0.3 is 24.1 Å². The summed E-state index contributed by atoms with van der Waals surface area (Å²) in [5.74, 6) is -0.0901. The molecule has 4 aromatic carbocycles. The molecule has 0 unspecified atom stereocenters. The van der Waals surface area contributed by atoms with E-state index in [1.54, 1.807) is 97.9 Å². The first-order valence-corrected chi connectivity index (χ1v) is 17.8. The summed E-state index contributed by atoms with van der Waals surface area (Å²) in [6.07, 6.45) is -1.12. The van der Waals surface area contributed by atoms with E-state index < -0.39 is 35.3 Å². The summed E-state index contributed by atoms with van der Waals surface area (Å²) < 4.78 is 23.6. The Bertz CT molecular complexity index is 2290.